The molecule has 1 unspecified atom stereocenters. The second-order valence-electron chi connectivity index (χ2n) is 5.71. The number of hydrogen-bond donors (Lipinski definition) is 4. The first-order valence-electron chi connectivity index (χ1n) is 7.90. The molecule has 1 aliphatic rings. The van der Waals surface area contributed by atoms with Crippen molar-refractivity contribution in [3.8, 4) is 0 Å². The number of nitrogens with zero attached hydrogens (tertiary/aromatic N) is 1. The van der Waals surface area contributed by atoms with Gasteiger partial charge in [-0.1, -0.05) is 11.6 Å². The smallest absolute Gasteiger partial charge is 0.330 e. The summed E-state index contributed by atoms with van der Waals surface area (Å²) in [7, 11) is 1.00. The summed E-state index contributed by atoms with van der Waals surface area (Å²) in [6.07, 6.45) is 4.22. The van der Waals surface area contributed by atoms with E-state index in [1.807, 2.05) is 19.9 Å². The summed E-state index contributed by atoms with van der Waals surface area (Å²) in [6, 6.07) is 0. The first-order chi connectivity index (χ1) is 11.5. The number of aromatic amines is 1. The van der Waals surface area contributed by atoms with Gasteiger partial charge in [-0.05, 0) is 26.7 Å². The molecule has 136 valence electrons. The van der Waals surface area contributed by atoms with Gasteiger partial charge in [0, 0.05) is 32.0 Å². The molecule has 0 radical (unpaired) electrons. The van der Waals surface area contributed by atoms with Crippen molar-refractivity contribution in [1.29, 1.82) is 0 Å². The Morgan fingerprint density at radius 3 is 2.71 bits per heavy atom. The molecule has 0 saturated carbocycles. The minimum absolute atomic E-state index is 0.0638. The van der Waals surface area contributed by atoms with Gasteiger partial charge >= 0.3 is 5.69 Å². The van der Waals surface area contributed by atoms with E-state index in [0.29, 0.717) is 31.5 Å². The fourth-order valence-electron chi connectivity index (χ4n) is 2.38. The standard InChI is InChI=1S/C15H23N3O4.CH4O/c1-10(2)5-6-16-7-11-8-18(15(21)17-14(11)20)13-4-3-12(9-19)22-13;1-2/h5,8,12-13,16,19H,3-4,6-7,9H2,1-2H3,(H,17,20,21);2H,1H3/t12?,13-;/m1./s1. The molecule has 0 amide bonds. The molecule has 8 heteroatoms. The molecule has 2 heterocycles. The number of aliphatic hydroxyl groups excluding tert-OH is 2. The average molecular weight is 341 g/mol. The maximum atomic E-state index is 11.9. The number of H-pyrrole nitrogens is 1. The first-order valence-corrected chi connectivity index (χ1v) is 7.90. The SMILES string of the molecule is CC(C)=CCNCc1cn([C@H]2CCC(CO)O2)c(=O)[nH]c1=O.CO. The van der Waals surface area contributed by atoms with Crippen molar-refractivity contribution in [2.75, 3.05) is 20.3 Å². The minimum Gasteiger partial charge on any atom is -0.400 e. The lowest BCUT2D eigenvalue weighted by Crippen LogP contribution is -2.35. The monoisotopic (exact) mass is 341 g/mol. The second kappa shape index (κ2) is 10.2. The van der Waals surface area contributed by atoms with Gasteiger partial charge in [0.1, 0.15) is 6.23 Å². The van der Waals surface area contributed by atoms with Crippen LogP contribution in [0.5, 0.6) is 0 Å². The molecular weight excluding hydrogens is 314 g/mol. The predicted molar refractivity (Wildman–Crippen MR) is 90.8 cm³/mol. The molecule has 0 spiro atoms. The van der Waals surface area contributed by atoms with Crippen LogP contribution in [-0.4, -0.2) is 46.1 Å². The Morgan fingerprint density at radius 2 is 2.12 bits per heavy atom. The number of aliphatic hydroxyl groups is 2. The van der Waals surface area contributed by atoms with Crippen LogP contribution in [0.2, 0.25) is 0 Å². The van der Waals surface area contributed by atoms with Crippen LogP contribution in [0, 0.1) is 0 Å². The van der Waals surface area contributed by atoms with Crippen molar-refractivity contribution < 1.29 is 14.9 Å². The van der Waals surface area contributed by atoms with E-state index in [2.05, 4.69) is 10.3 Å². The van der Waals surface area contributed by atoms with E-state index < -0.39 is 11.9 Å². The number of rotatable bonds is 6. The molecule has 1 aliphatic heterocycles. The lowest BCUT2D eigenvalue weighted by Gasteiger charge is -2.15. The number of ether oxygens (including phenoxy) is 1. The molecule has 0 aliphatic carbocycles. The highest BCUT2D eigenvalue weighted by atomic mass is 16.5. The van der Waals surface area contributed by atoms with Gasteiger partial charge < -0.3 is 20.3 Å². The van der Waals surface area contributed by atoms with Gasteiger partial charge in [0.05, 0.1) is 12.7 Å². The van der Waals surface area contributed by atoms with Gasteiger partial charge in [-0.3, -0.25) is 14.3 Å². The maximum Gasteiger partial charge on any atom is 0.330 e. The highest BCUT2D eigenvalue weighted by molar-refractivity contribution is 5.05. The van der Waals surface area contributed by atoms with Crippen LogP contribution >= 0.6 is 0 Å². The fraction of sp³-hybridized carbons (Fsp3) is 0.625. The molecule has 0 bridgehead atoms. The zero-order valence-electron chi connectivity index (χ0n) is 14.4. The van der Waals surface area contributed by atoms with Crippen molar-refractivity contribution >= 4 is 0 Å². The molecule has 0 aromatic carbocycles. The summed E-state index contributed by atoms with van der Waals surface area (Å²) in [5.41, 5.74) is 0.808. The lowest BCUT2D eigenvalue weighted by atomic mass is 10.2. The molecule has 2 rings (SSSR count). The molecular formula is C16H27N3O5. The van der Waals surface area contributed by atoms with Crippen LogP contribution in [0.4, 0.5) is 0 Å². The third-order valence-corrected chi connectivity index (χ3v) is 3.61. The average Bonchev–Trinajstić information content (AvgIpc) is 3.03. The number of hydrogen-bond acceptors (Lipinski definition) is 6. The van der Waals surface area contributed by atoms with Crippen LogP contribution < -0.4 is 16.6 Å². The minimum atomic E-state index is -0.485. The van der Waals surface area contributed by atoms with E-state index in [1.54, 1.807) is 6.20 Å². The Hall–Kier alpha value is -1.74. The third-order valence-electron chi connectivity index (χ3n) is 3.61. The van der Waals surface area contributed by atoms with Crippen LogP contribution in [0.3, 0.4) is 0 Å². The fourth-order valence-corrected chi connectivity index (χ4v) is 2.38. The van der Waals surface area contributed by atoms with Gasteiger partial charge in [-0.2, -0.15) is 0 Å². The van der Waals surface area contributed by atoms with Crippen molar-refractivity contribution in [3.05, 3.63) is 44.2 Å². The Bertz CT molecular complexity index is 646. The summed E-state index contributed by atoms with van der Waals surface area (Å²) < 4.78 is 6.99. The third kappa shape index (κ3) is 5.72. The Morgan fingerprint density at radius 1 is 1.42 bits per heavy atom. The number of allylic oxidation sites excluding steroid dienone is 1. The second-order valence-corrected chi connectivity index (χ2v) is 5.71. The Balaban J connectivity index is 0.00000139. The molecule has 1 saturated heterocycles. The van der Waals surface area contributed by atoms with Crippen molar-refractivity contribution in [3.63, 3.8) is 0 Å². The van der Waals surface area contributed by atoms with Crippen LogP contribution in [0.25, 0.3) is 0 Å². The van der Waals surface area contributed by atoms with E-state index in [4.69, 9.17) is 14.9 Å². The van der Waals surface area contributed by atoms with Crippen LogP contribution in [0.15, 0.2) is 27.4 Å². The van der Waals surface area contributed by atoms with E-state index in [0.717, 1.165) is 7.11 Å². The van der Waals surface area contributed by atoms with E-state index >= 15 is 0 Å². The summed E-state index contributed by atoms with van der Waals surface area (Å²) >= 11 is 0. The highest BCUT2D eigenvalue weighted by Crippen LogP contribution is 2.26. The van der Waals surface area contributed by atoms with Gasteiger partial charge in [-0.25, -0.2) is 4.79 Å². The molecule has 1 aromatic heterocycles. The Kier molecular flexibility index (Phi) is 8.62. The lowest BCUT2D eigenvalue weighted by molar-refractivity contribution is -0.0247. The molecule has 8 nitrogen and oxygen atoms in total. The van der Waals surface area contributed by atoms with Gasteiger partial charge in [0.15, 0.2) is 0 Å². The van der Waals surface area contributed by atoms with Crippen molar-refractivity contribution in [1.82, 2.24) is 14.9 Å². The van der Waals surface area contributed by atoms with E-state index in [9.17, 15) is 9.59 Å². The molecule has 1 aromatic rings. The van der Waals surface area contributed by atoms with Gasteiger partial charge in [-0.15, -0.1) is 0 Å². The summed E-state index contributed by atoms with van der Waals surface area (Å²) in [5, 5.41) is 19.2. The zero-order chi connectivity index (χ0) is 18.1. The van der Waals surface area contributed by atoms with Crippen LogP contribution in [-0.2, 0) is 11.3 Å². The molecule has 4 N–H and O–H groups in total. The van der Waals surface area contributed by atoms with Crippen LogP contribution in [0.1, 0.15) is 38.5 Å². The predicted octanol–water partition coefficient (Wildman–Crippen LogP) is -0.129. The van der Waals surface area contributed by atoms with Gasteiger partial charge in [0.25, 0.3) is 5.56 Å². The van der Waals surface area contributed by atoms with Gasteiger partial charge in [0.2, 0.25) is 0 Å². The summed E-state index contributed by atoms with van der Waals surface area (Å²) in [5.74, 6) is 0. The molecule has 2 atom stereocenters. The zero-order valence-corrected chi connectivity index (χ0v) is 14.4. The van der Waals surface area contributed by atoms with Crippen molar-refractivity contribution in [2.45, 2.75) is 45.6 Å². The summed E-state index contributed by atoms with van der Waals surface area (Å²) in [4.78, 5) is 26.1. The molecule has 1 fully saturated rings. The highest BCUT2D eigenvalue weighted by Gasteiger charge is 2.27. The Labute approximate surface area is 140 Å². The first kappa shape index (κ1) is 20.3. The summed E-state index contributed by atoms with van der Waals surface area (Å²) in [6.45, 7) is 4.97. The topological polar surface area (TPSA) is 117 Å². The quantitative estimate of drug-likeness (QED) is 0.423. The largest absolute Gasteiger partial charge is 0.400 e. The van der Waals surface area contributed by atoms with E-state index in [1.165, 1.54) is 10.1 Å². The molecule has 24 heavy (non-hydrogen) atoms. The normalized spacial score (nSPS) is 19.5. The number of aromatic nitrogens is 2. The number of nitrogens with one attached hydrogen (secondary N) is 2. The van der Waals surface area contributed by atoms with E-state index in [-0.39, 0.29) is 18.3 Å². The van der Waals surface area contributed by atoms with Crippen molar-refractivity contribution in [2.24, 2.45) is 0 Å². The maximum absolute atomic E-state index is 11.9.